The third-order valence-electron chi connectivity index (χ3n) is 2.24. The van der Waals surface area contributed by atoms with Crippen molar-refractivity contribution in [2.24, 2.45) is 5.41 Å². The molecule has 0 spiro atoms. The third kappa shape index (κ3) is 1.42. The highest BCUT2D eigenvalue weighted by Crippen LogP contribution is 2.47. The summed E-state index contributed by atoms with van der Waals surface area (Å²) in [6.45, 7) is 12.2. The van der Waals surface area contributed by atoms with E-state index >= 15 is 0 Å². The van der Waals surface area contributed by atoms with Crippen molar-refractivity contribution < 1.29 is 9.47 Å². The van der Waals surface area contributed by atoms with E-state index in [9.17, 15) is 0 Å². The molecule has 0 N–H and O–H groups in total. The molecule has 0 aromatic heterocycles. The van der Waals surface area contributed by atoms with Crippen LogP contribution in [0.2, 0.25) is 0 Å². The highest BCUT2D eigenvalue weighted by Gasteiger charge is 2.55. The second kappa shape index (κ2) is 1.99. The van der Waals surface area contributed by atoms with E-state index in [1.54, 1.807) is 0 Å². The van der Waals surface area contributed by atoms with Gasteiger partial charge in [0.25, 0.3) is 0 Å². The molecule has 1 rings (SSSR count). The summed E-state index contributed by atoms with van der Waals surface area (Å²) in [4.78, 5) is 0. The molecule has 0 radical (unpaired) electrons. The molecule has 0 bridgehead atoms. The largest absolute Gasteiger partial charge is 0.318 e. The monoisotopic (exact) mass is 158 g/mol. The van der Waals surface area contributed by atoms with Gasteiger partial charge in [0, 0.05) is 5.41 Å². The molecule has 1 heterocycles. The van der Waals surface area contributed by atoms with Gasteiger partial charge in [0.05, 0.1) is 0 Å². The summed E-state index contributed by atoms with van der Waals surface area (Å²) in [5.41, 5.74) is 0.0442. The van der Waals surface area contributed by atoms with Gasteiger partial charge in [-0.3, -0.25) is 0 Å². The molecular weight excluding hydrogens is 140 g/mol. The van der Waals surface area contributed by atoms with Crippen molar-refractivity contribution in [3.63, 3.8) is 0 Å². The molecule has 0 amide bonds. The third-order valence-corrected chi connectivity index (χ3v) is 2.24. The standard InChI is InChI=1S/C9H18O2/c1-7(2,3)9(6)10-8(4,5)11-9/h1-6H3. The van der Waals surface area contributed by atoms with Gasteiger partial charge in [0.2, 0.25) is 0 Å². The first kappa shape index (κ1) is 9.01. The van der Waals surface area contributed by atoms with Crippen molar-refractivity contribution in [1.82, 2.24) is 0 Å². The molecule has 1 fully saturated rings. The average Bonchev–Trinajstić information content (AvgIpc) is 1.55. The Hall–Kier alpha value is -0.0800. The SMILES string of the molecule is CC1(C)OC(C)(C(C)(C)C)O1. The molecule has 66 valence electrons. The fraction of sp³-hybridized carbons (Fsp3) is 1.00. The van der Waals surface area contributed by atoms with E-state index in [0.29, 0.717) is 0 Å². The maximum atomic E-state index is 5.66. The van der Waals surface area contributed by atoms with Crippen LogP contribution in [-0.2, 0) is 9.47 Å². The molecule has 1 aliphatic rings. The number of hydrogen-bond acceptors (Lipinski definition) is 2. The number of ether oxygens (including phenoxy) is 2. The van der Waals surface area contributed by atoms with Gasteiger partial charge in [-0.2, -0.15) is 0 Å². The molecule has 2 heteroatoms. The number of rotatable bonds is 0. The van der Waals surface area contributed by atoms with E-state index in [4.69, 9.17) is 9.47 Å². The quantitative estimate of drug-likeness (QED) is 0.539. The Morgan fingerprint density at radius 1 is 0.909 bits per heavy atom. The van der Waals surface area contributed by atoms with Crippen LogP contribution in [0.5, 0.6) is 0 Å². The summed E-state index contributed by atoms with van der Waals surface area (Å²) in [5, 5.41) is 0. The second-order valence-electron chi connectivity index (χ2n) is 4.80. The second-order valence-corrected chi connectivity index (χ2v) is 4.80. The van der Waals surface area contributed by atoms with E-state index < -0.39 is 5.79 Å². The highest BCUT2D eigenvalue weighted by atomic mass is 16.9. The van der Waals surface area contributed by atoms with Crippen LogP contribution in [0.15, 0.2) is 0 Å². The van der Waals surface area contributed by atoms with E-state index in [2.05, 4.69) is 20.8 Å². The predicted molar refractivity (Wildman–Crippen MR) is 44.1 cm³/mol. The fourth-order valence-electron chi connectivity index (χ4n) is 1.25. The maximum absolute atomic E-state index is 5.66. The minimum Gasteiger partial charge on any atom is -0.318 e. The smallest absolute Gasteiger partial charge is 0.177 e. The summed E-state index contributed by atoms with van der Waals surface area (Å²) in [7, 11) is 0. The van der Waals surface area contributed by atoms with Crippen LogP contribution in [0.3, 0.4) is 0 Å². The van der Waals surface area contributed by atoms with Crippen molar-refractivity contribution in [1.29, 1.82) is 0 Å². The van der Waals surface area contributed by atoms with Gasteiger partial charge >= 0.3 is 0 Å². The molecule has 0 atom stereocenters. The van der Waals surface area contributed by atoms with E-state index in [1.807, 2.05) is 20.8 Å². The van der Waals surface area contributed by atoms with Gasteiger partial charge < -0.3 is 9.47 Å². The van der Waals surface area contributed by atoms with Crippen LogP contribution in [0.4, 0.5) is 0 Å². The predicted octanol–water partition coefficient (Wildman–Crippen LogP) is 2.53. The van der Waals surface area contributed by atoms with Crippen LogP contribution in [0, 0.1) is 5.41 Å². The summed E-state index contributed by atoms with van der Waals surface area (Å²) in [6.07, 6.45) is 0. The lowest BCUT2D eigenvalue weighted by Gasteiger charge is -2.57. The Morgan fingerprint density at radius 2 is 1.27 bits per heavy atom. The van der Waals surface area contributed by atoms with Gasteiger partial charge in [-0.25, -0.2) is 0 Å². The zero-order valence-electron chi connectivity index (χ0n) is 8.32. The van der Waals surface area contributed by atoms with E-state index in [-0.39, 0.29) is 11.2 Å². The van der Waals surface area contributed by atoms with Crippen LogP contribution >= 0.6 is 0 Å². The van der Waals surface area contributed by atoms with E-state index in [1.165, 1.54) is 0 Å². The normalized spacial score (nSPS) is 27.8. The van der Waals surface area contributed by atoms with Crippen LogP contribution < -0.4 is 0 Å². The van der Waals surface area contributed by atoms with Crippen molar-refractivity contribution in [3.05, 3.63) is 0 Å². The summed E-state index contributed by atoms with van der Waals surface area (Å²) < 4.78 is 11.3. The zero-order valence-corrected chi connectivity index (χ0v) is 8.32. The highest BCUT2D eigenvalue weighted by molar-refractivity contribution is 4.89. The summed E-state index contributed by atoms with van der Waals surface area (Å²) in [6, 6.07) is 0. The van der Waals surface area contributed by atoms with Crippen molar-refractivity contribution in [2.45, 2.75) is 53.1 Å². The topological polar surface area (TPSA) is 18.5 Å². The average molecular weight is 158 g/mol. The minimum absolute atomic E-state index is 0.0442. The molecular formula is C9H18O2. The lowest BCUT2D eigenvalue weighted by atomic mass is 9.84. The van der Waals surface area contributed by atoms with Gasteiger partial charge in [-0.05, 0) is 20.8 Å². The molecule has 0 saturated carbocycles. The Kier molecular flexibility index (Phi) is 1.63. The lowest BCUT2D eigenvalue weighted by molar-refractivity contribution is -0.517. The van der Waals surface area contributed by atoms with Gasteiger partial charge in [-0.1, -0.05) is 20.8 Å². The molecule has 0 aliphatic carbocycles. The molecule has 0 aromatic carbocycles. The van der Waals surface area contributed by atoms with Crippen molar-refractivity contribution in [2.75, 3.05) is 0 Å². The van der Waals surface area contributed by atoms with Crippen molar-refractivity contribution in [3.8, 4) is 0 Å². The molecule has 0 aromatic rings. The molecule has 11 heavy (non-hydrogen) atoms. The maximum Gasteiger partial charge on any atom is 0.177 e. The molecule has 0 unspecified atom stereocenters. The van der Waals surface area contributed by atoms with Crippen LogP contribution in [0.1, 0.15) is 41.5 Å². The van der Waals surface area contributed by atoms with Crippen LogP contribution in [-0.4, -0.2) is 11.6 Å². The Morgan fingerprint density at radius 3 is 1.36 bits per heavy atom. The Labute approximate surface area is 68.9 Å². The van der Waals surface area contributed by atoms with Gasteiger partial charge in [0.15, 0.2) is 11.6 Å². The molecule has 1 aliphatic heterocycles. The summed E-state index contributed by atoms with van der Waals surface area (Å²) in [5.74, 6) is -0.793. The number of hydrogen-bond donors (Lipinski definition) is 0. The molecule has 2 nitrogen and oxygen atoms in total. The lowest BCUT2D eigenvalue weighted by Crippen LogP contribution is -2.63. The fourth-order valence-corrected chi connectivity index (χ4v) is 1.25. The van der Waals surface area contributed by atoms with Crippen molar-refractivity contribution >= 4 is 0 Å². The minimum atomic E-state index is -0.406. The first-order valence-corrected chi connectivity index (χ1v) is 4.07. The first-order valence-electron chi connectivity index (χ1n) is 4.07. The van der Waals surface area contributed by atoms with Gasteiger partial charge in [0.1, 0.15) is 0 Å². The zero-order chi connectivity index (χ0) is 8.91. The van der Waals surface area contributed by atoms with E-state index in [0.717, 1.165) is 0 Å². The molecule has 1 saturated heterocycles. The van der Waals surface area contributed by atoms with Crippen LogP contribution in [0.25, 0.3) is 0 Å². The summed E-state index contributed by atoms with van der Waals surface area (Å²) >= 11 is 0. The Balaban J connectivity index is 2.64. The Bertz CT molecular complexity index is 157. The van der Waals surface area contributed by atoms with Gasteiger partial charge in [-0.15, -0.1) is 0 Å². The first-order chi connectivity index (χ1) is 4.66.